The molecule has 0 spiro atoms. The van der Waals surface area contributed by atoms with Crippen LogP contribution in [0.3, 0.4) is 0 Å². The zero-order chi connectivity index (χ0) is 15.1. The minimum atomic E-state index is -4.83. The molecule has 0 aliphatic heterocycles. The molecule has 0 bridgehead atoms. The summed E-state index contributed by atoms with van der Waals surface area (Å²) in [6, 6.07) is 2.87. The first-order valence-corrected chi connectivity index (χ1v) is 5.00. The molecule has 10 heteroatoms. The van der Waals surface area contributed by atoms with Gasteiger partial charge in [-0.15, -0.1) is 0 Å². The molecule has 0 saturated heterocycles. The molecule has 1 N–H and O–H groups in total. The van der Waals surface area contributed by atoms with Crippen molar-refractivity contribution in [3.63, 3.8) is 0 Å². The van der Waals surface area contributed by atoms with Crippen LogP contribution in [0.1, 0.15) is 11.4 Å². The average molecular weight is 297 g/mol. The van der Waals surface area contributed by atoms with E-state index in [0.717, 1.165) is 12.1 Å². The molecule has 2 heterocycles. The Balaban J connectivity index is 2.50. The van der Waals surface area contributed by atoms with E-state index in [-0.39, 0.29) is 4.68 Å². The number of nitrogens with zero attached hydrogens (tertiary/aromatic N) is 3. The van der Waals surface area contributed by atoms with E-state index >= 15 is 0 Å². The summed E-state index contributed by atoms with van der Waals surface area (Å²) >= 11 is 0. The third-order valence-corrected chi connectivity index (χ3v) is 2.22. The van der Waals surface area contributed by atoms with Crippen molar-refractivity contribution < 1.29 is 31.4 Å². The van der Waals surface area contributed by atoms with Crippen molar-refractivity contribution in [3.8, 4) is 11.7 Å². The lowest BCUT2D eigenvalue weighted by molar-refractivity contribution is -0.142. The Labute approximate surface area is 107 Å². The van der Waals surface area contributed by atoms with Gasteiger partial charge in [0.05, 0.1) is 0 Å². The fourth-order valence-corrected chi connectivity index (χ4v) is 1.38. The zero-order valence-electron chi connectivity index (χ0n) is 9.37. The summed E-state index contributed by atoms with van der Waals surface area (Å²) in [5.74, 6) is -1.54. The molecule has 0 atom stereocenters. The molecule has 0 aliphatic carbocycles. The molecule has 108 valence electrons. The molecule has 0 saturated carbocycles. The lowest BCUT2D eigenvalue weighted by atomic mass is 10.3. The van der Waals surface area contributed by atoms with Crippen molar-refractivity contribution >= 4 is 0 Å². The van der Waals surface area contributed by atoms with Crippen LogP contribution in [-0.4, -0.2) is 19.9 Å². The maximum Gasteiger partial charge on any atom is 0.435 e. The summed E-state index contributed by atoms with van der Waals surface area (Å²) in [4.78, 5) is 3.12. The number of alkyl halides is 6. The molecule has 0 fully saturated rings. The minimum Gasteiger partial charge on any atom is -0.493 e. The number of rotatable bonds is 1. The van der Waals surface area contributed by atoms with Gasteiger partial charge in [-0.3, -0.25) is 0 Å². The minimum absolute atomic E-state index is 0.276. The van der Waals surface area contributed by atoms with E-state index in [0.29, 0.717) is 12.1 Å². The van der Waals surface area contributed by atoms with E-state index in [9.17, 15) is 31.4 Å². The lowest BCUT2D eigenvalue weighted by Gasteiger charge is -2.08. The summed E-state index contributed by atoms with van der Waals surface area (Å²) in [5.41, 5.74) is -2.74. The Kier molecular flexibility index (Phi) is 3.11. The van der Waals surface area contributed by atoms with E-state index < -0.39 is 35.4 Å². The summed E-state index contributed by atoms with van der Waals surface area (Å²) in [6.45, 7) is 0. The summed E-state index contributed by atoms with van der Waals surface area (Å²) < 4.78 is 74.7. The van der Waals surface area contributed by atoms with Gasteiger partial charge in [-0.1, -0.05) is 6.07 Å². The van der Waals surface area contributed by atoms with Crippen LogP contribution in [0.25, 0.3) is 5.82 Å². The van der Waals surface area contributed by atoms with Crippen molar-refractivity contribution in [1.29, 1.82) is 0 Å². The van der Waals surface area contributed by atoms with Gasteiger partial charge in [-0.25, -0.2) is 4.98 Å². The molecule has 0 amide bonds. The van der Waals surface area contributed by atoms with Gasteiger partial charge in [0.1, 0.15) is 5.69 Å². The highest BCUT2D eigenvalue weighted by atomic mass is 19.4. The largest absolute Gasteiger partial charge is 0.493 e. The van der Waals surface area contributed by atoms with Gasteiger partial charge in [0.2, 0.25) is 5.88 Å². The molecule has 0 unspecified atom stereocenters. The monoisotopic (exact) mass is 297 g/mol. The summed E-state index contributed by atoms with van der Waals surface area (Å²) in [7, 11) is 0. The average Bonchev–Trinajstić information content (AvgIpc) is 2.70. The normalized spacial score (nSPS) is 12.7. The van der Waals surface area contributed by atoms with Crippen LogP contribution >= 0.6 is 0 Å². The van der Waals surface area contributed by atoms with Crippen molar-refractivity contribution in [1.82, 2.24) is 14.8 Å². The summed E-state index contributed by atoms with van der Waals surface area (Å²) in [6.07, 6.45) is -9.59. The molecular formula is C10H5F6N3O. The SMILES string of the molecule is Oc1cc(C(F)(F)F)nn1-c1cccc(C(F)(F)F)n1. The van der Waals surface area contributed by atoms with Gasteiger partial charge >= 0.3 is 12.4 Å². The van der Waals surface area contributed by atoms with Crippen LogP contribution in [0, 0.1) is 0 Å². The van der Waals surface area contributed by atoms with Crippen LogP contribution in [0.2, 0.25) is 0 Å². The second-order valence-corrected chi connectivity index (χ2v) is 3.68. The van der Waals surface area contributed by atoms with Gasteiger partial charge in [0, 0.05) is 6.07 Å². The maximum atomic E-state index is 12.4. The Morgan fingerprint density at radius 2 is 1.55 bits per heavy atom. The van der Waals surface area contributed by atoms with E-state index in [4.69, 9.17) is 0 Å². The third kappa shape index (κ3) is 2.68. The van der Waals surface area contributed by atoms with Gasteiger partial charge in [-0.05, 0) is 12.1 Å². The third-order valence-electron chi connectivity index (χ3n) is 2.22. The standard InChI is InChI=1S/C10H5F6N3O/c11-9(12,13)5-2-1-3-7(17-5)19-8(20)4-6(18-19)10(14,15)16/h1-4,20H. The van der Waals surface area contributed by atoms with Gasteiger partial charge < -0.3 is 5.11 Å². The highest BCUT2D eigenvalue weighted by molar-refractivity contribution is 5.31. The first-order valence-electron chi connectivity index (χ1n) is 5.00. The van der Waals surface area contributed by atoms with Gasteiger partial charge in [-0.2, -0.15) is 36.1 Å². The molecule has 4 nitrogen and oxygen atoms in total. The quantitative estimate of drug-likeness (QED) is 0.823. The number of hydrogen-bond acceptors (Lipinski definition) is 3. The molecule has 2 aromatic heterocycles. The summed E-state index contributed by atoms with van der Waals surface area (Å²) in [5, 5.41) is 12.3. The Bertz CT molecular complexity index is 631. The van der Waals surface area contributed by atoms with E-state index in [2.05, 4.69) is 10.1 Å². The first-order chi connectivity index (χ1) is 9.09. The number of hydrogen-bond donors (Lipinski definition) is 1. The number of aromatic hydroxyl groups is 1. The van der Waals surface area contributed by atoms with Crippen molar-refractivity contribution in [2.24, 2.45) is 0 Å². The smallest absolute Gasteiger partial charge is 0.435 e. The van der Waals surface area contributed by atoms with E-state index in [1.54, 1.807) is 0 Å². The van der Waals surface area contributed by atoms with Gasteiger partial charge in [0.15, 0.2) is 11.5 Å². The van der Waals surface area contributed by atoms with Gasteiger partial charge in [0.25, 0.3) is 0 Å². The fraction of sp³-hybridized carbons (Fsp3) is 0.200. The topological polar surface area (TPSA) is 50.9 Å². The Morgan fingerprint density at radius 1 is 0.950 bits per heavy atom. The predicted molar refractivity (Wildman–Crippen MR) is 53.0 cm³/mol. The zero-order valence-corrected chi connectivity index (χ0v) is 9.37. The van der Waals surface area contributed by atoms with Crippen LogP contribution < -0.4 is 0 Å². The van der Waals surface area contributed by atoms with Crippen molar-refractivity contribution in [3.05, 3.63) is 35.7 Å². The van der Waals surface area contributed by atoms with Crippen LogP contribution in [0.5, 0.6) is 5.88 Å². The molecule has 20 heavy (non-hydrogen) atoms. The van der Waals surface area contributed by atoms with Crippen molar-refractivity contribution in [2.75, 3.05) is 0 Å². The molecular weight excluding hydrogens is 292 g/mol. The second kappa shape index (κ2) is 4.39. The van der Waals surface area contributed by atoms with E-state index in [1.165, 1.54) is 0 Å². The van der Waals surface area contributed by atoms with Crippen LogP contribution in [0.15, 0.2) is 24.3 Å². The highest BCUT2D eigenvalue weighted by Crippen LogP contribution is 2.32. The van der Waals surface area contributed by atoms with E-state index in [1.807, 2.05) is 0 Å². The lowest BCUT2D eigenvalue weighted by Crippen LogP contribution is -2.11. The highest BCUT2D eigenvalue weighted by Gasteiger charge is 2.36. The van der Waals surface area contributed by atoms with Crippen LogP contribution in [-0.2, 0) is 12.4 Å². The second-order valence-electron chi connectivity index (χ2n) is 3.68. The predicted octanol–water partition coefficient (Wildman–Crippen LogP) is 3.01. The maximum absolute atomic E-state index is 12.4. The molecule has 2 rings (SSSR count). The molecule has 0 radical (unpaired) electrons. The molecule has 2 aromatic rings. The van der Waals surface area contributed by atoms with Crippen LogP contribution in [0.4, 0.5) is 26.3 Å². The number of pyridine rings is 1. The van der Waals surface area contributed by atoms with Crippen molar-refractivity contribution in [2.45, 2.75) is 12.4 Å². The molecule has 0 aromatic carbocycles. The first kappa shape index (κ1) is 14.2. The number of aromatic nitrogens is 3. The number of halogens is 6. The molecule has 0 aliphatic rings. The fourth-order valence-electron chi connectivity index (χ4n) is 1.38. The Morgan fingerprint density at radius 3 is 2.05 bits per heavy atom. The Hall–Kier alpha value is -2.26.